The summed E-state index contributed by atoms with van der Waals surface area (Å²) in [6.45, 7) is 3.15. The van der Waals surface area contributed by atoms with Gasteiger partial charge in [0.1, 0.15) is 5.82 Å². The van der Waals surface area contributed by atoms with Crippen LogP contribution in [0.15, 0.2) is 33.9 Å². The van der Waals surface area contributed by atoms with Crippen LogP contribution in [0.25, 0.3) is 0 Å². The maximum atomic E-state index is 4.52. The Bertz CT molecular complexity index is 620. The Morgan fingerprint density at radius 1 is 1.23 bits per heavy atom. The molecule has 1 saturated carbocycles. The fourth-order valence-electron chi connectivity index (χ4n) is 3.14. The largest absolute Gasteiger partial charge is 0.306 e. The molecular weight excluding hydrogens is 358 g/mol. The number of aromatic nitrogens is 3. The van der Waals surface area contributed by atoms with Crippen molar-refractivity contribution in [3.05, 3.63) is 40.1 Å². The van der Waals surface area contributed by atoms with Gasteiger partial charge in [-0.15, -0.1) is 10.2 Å². The summed E-state index contributed by atoms with van der Waals surface area (Å²) in [4.78, 5) is 0. The molecule has 1 fully saturated rings. The monoisotopic (exact) mass is 379 g/mol. The molecule has 0 spiro atoms. The summed E-state index contributed by atoms with van der Waals surface area (Å²) in [5.74, 6) is 2.75. The van der Waals surface area contributed by atoms with E-state index in [2.05, 4.69) is 61.9 Å². The molecule has 1 aliphatic rings. The van der Waals surface area contributed by atoms with Crippen LogP contribution in [0, 0.1) is 0 Å². The molecule has 3 nitrogen and oxygen atoms in total. The van der Waals surface area contributed by atoms with Crippen molar-refractivity contribution in [1.82, 2.24) is 14.8 Å². The lowest BCUT2D eigenvalue weighted by Gasteiger charge is -2.21. The van der Waals surface area contributed by atoms with Crippen LogP contribution in [-0.4, -0.2) is 14.8 Å². The third kappa shape index (κ3) is 3.74. The minimum absolute atomic E-state index is 0.612. The third-order valence-electron chi connectivity index (χ3n) is 4.29. The smallest absolute Gasteiger partial charge is 0.191 e. The molecule has 0 bridgehead atoms. The molecule has 0 amide bonds. The van der Waals surface area contributed by atoms with Crippen molar-refractivity contribution in [2.75, 3.05) is 0 Å². The van der Waals surface area contributed by atoms with E-state index in [0.29, 0.717) is 5.92 Å². The molecule has 3 rings (SSSR count). The van der Waals surface area contributed by atoms with Crippen molar-refractivity contribution in [2.24, 2.45) is 0 Å². The van der Waals surface area contributed by atoms with Gasteiger partial charge < -0.3 is 4.57 Å². The molecule has 1 aromatic carbocycles. The van der Waals surface area contributed by atoms with Gasteiger partial charge in [0, 0.05) is 22.7 Å². The van der Waals surface area contributed by atoms with E-state index in [1.165, 1.54) is 43.5 Å². The average molecular weight is 380 g/mol. The number of thioether (sulfide) groups is 1. The first-order valence-corrected chi connectivity index (χ1v) is 9.86. The summed E-state index contributed by atoms with van der Waals surface area (Å²) in [5.41, 5.74) is 1.31. The van der Waals surface area contributed by atoms with Gasteiger partial charge in [0.15, 0.2) is 5.16 Å². The van der Waals surface area contributed by atoms with Gasteiger partial charge in [-0.2, -0.15) is 0 Å². The molecule has 1 aromatic heterocycles. The van der Waals surface area contributed by atoms with Crippen LogP contribution >= 0.6 is 27.7 Å². The zero-order valence-corrected chi connectivity index (χ0v) is 15.4. The molecule has 0 aliphatic heterocycles. The molecule has 1 heterocycles. The first-order valence-electron chi connectivity index (χ1n) is 8.08. The van der Waals surface area contributed by atoms with Crippen LogP contribution in [-0.2, 0) is 12.3 Å². The molecule has 118 valence electrons. The maximum Gasteiger partial charge on any atom is 0.191 e. The topological polar surface area (TPSA) is 30.7 Å². The van der Waals surface area contributed by atoms with Crippen molar-refractivity contribution in [3.8, 4) is 0 Å². The van der Waals surface area contributed by atoms with E-state index in [0.717, 1.165) is 21.9 Å². The van der Waals surface area contributed by atoms with Gasteiger partial charge in [0.05, 0.1) is 0 Å². The summed E-state index contributed by atoms with van der Waals surface area (Å²) in [7, 11) is 0. The quantitative estimate of drug-likeness (QED) is 0.651. The lowest BCUT2D eigenvalue weighted by atomic mass is 9.89. The third-order valence-corrected chi connectivity index (χ3v) is 5.82. The van der Waals surface area contributed by atoms with Gasteiger partial charge in [-0.25, -0.2) is 0 Å². The predicted octanol–water partition coefficient (Wildman–Crippen LogP) is 5.40. The fraction of sp³-hybridized carbons (Fsp3) is 0.529. The molecule has 22 heavy (non-hydrogen) atoms. The second-order valence-corrected chi connectivity index (χ2v) is 7.70. The van der Waals surface area contributed by atoms with E-state index < -0.39 is 0 Å². The Morgan fingerprint density at radius 3 is 2.77 bits per heavy atom. The number of halogens is 1. The molecular formula is C17H22BrN3S. The van der Waals surface area contributed by atoms with E-state index in [4.69, 9.17) is 0 Å². The molecule has 0 unspecified atom stereocenters. The highest BCUT2D eigenvalue weighted by Crippen LogP contribution is 2.33. The number of rotatable bonds is 5. The molecule has 0 radical (unpaired) electrons. The van der Waals surface area contributed by atoms with Crippen molar-refractivity contribution in [3.63, 3.8) is 0 Å². The minimum atomic E-state index is 0.612. The van der Waals surface area contributed by atoms with Crippen LogP contribution in [0.3, 0.4) is 0 Å². The first kappa shape index (κ1) is 16.1. The zero-order chi connectivity index (χ0) is 15.4. The maximum absolute atomic E-state index is 4.52. The molecule has 0 atom stereocenters. The van der Waals surface area contributed by atoms with Crippen LogP contribution in [0.1, 0.15) is 56.3 Å². The van der Waals surface area contributed by atoms with Gasteiger partial charge in [0.25, 0.3) is 0 Å². The summed E-state index contributed by atoms with van der Waals surface area (Å²) >= 11 is 5.32. The van der Waals surface area contributed by atoms with E-state index in [9.17, 15) is 0 Å². The van der Waals surface area contributed by atoms with E-state index in [-0.39, 0.29) is 0 Å². The molecule has 2 aromatic rings. The van der Waals surface area contributed by atoms with Gasteiger partial charge in [-0.3, -0.25) is 0 Å². The van der Waals surface area contributed by atoms with Crippen LogP contribution < -0.4 is 0 Å². The normalized spacial score (nSPS) is 16.1. The fourth-order valence-corrected chi connectivity index (χ4v) is 4.54. The van der Waals surface area contributed by atoms with Gasteiger partial charge in [-0.05, 0) is 37.5 Å². The highest BCUT2D eigenvalue weighted by molar-refractivity contribution is 9.10. The average Bonchev–Trinajstić information content (AvgIpc) is 2.97. The van der Waals surface area contributed by atoms with Crippen molar-refractivity contribution in [1.29, 1.82) is 0 Å². The highest BCUT2D eigenvalue weighted by Gasteiger charge is 2.22. The zero-order valence-electron chi connectivity index (χ0n) is 13.0. The van der Waals surface area contributed by atoms with E-state index in [1.54, 1.807) is 11.8 Å². The first-order chi connectivity index (χ1) is 10.8. The van der Waals surface area contributed by atoms with Gasteiger partial charge in [-0.1, -0.05) is 59.1 Å². The highest BCUT2D eigenvalue weighted by atomic mass is 79.9. The Balaban J connectivity index is 1.72. The molecule has 5 heteroatoms. The number of hydrogen-bond donors (Lipinski definition) is 0. The SMILES string of the molecule is CCn1c(SCc2cccc(Br)c2)nnc1C1CCCCC1. The van der Waals surface area contributed by atoms with E-state index >= 15 is 0 Å². The van der Waals surface area contributed by atoms with Gasteiger partial charge >= 0.3 is 0 Å². The molecule has 0 N–H and O–H groups in total. The minimum Gasteiger partial charge on any atom is -0.306 e. The Labute approximate surface area is 145 Å². The van der Waals surface area contributed by atoms with Crippen molar-refractivity contribution < 1.29 is 0 Å². The Kier molecular flexibility index (Phi) is 5.58. The molecule has 0 saturated heterocycles. The van der Waals surface area contributed by atoms with E-state index in [1.807, 2.05) is 0 Å². The summed E-state index contributed by atoms with van der Waals surface area (Å²) < 4.78 is 3.45. The number of nitrogens with zero attached hydrogens (tertiary/aromatic N) is 3. The second kappa shape index (κ2) is 7.64. The summed E-state index contributed by atoms with van der Waals surface area (Å²) in [6.07, 6.45) is 6.59. The Morgan fingerprint density at radius 2 is 2.05 bits per heavy atom. The lowest BCUT2D eigenvalue weighted by Crippen LogP contribution is -2.12. The second-order valence-electron chi connectivity index (χ2n) is 5.84. The summed E-state index contributed by atoms with van der Waals surface area (Å²) in [5, 5.41) is 10.0. The lowest BCUT2D eigenvalue weighted by molar-refractivity contribution is 0.413. The predicted molar refractivity (Wildman–Crippen MR) is 95.2 cm³/mol. The van der Waals surface area contributed by atoms with Crippen molar-refractivity contribution >= 4 is 27.7 Å². The number of benzene rings is 1. The summed E-state index contributed by atoms with van der Waals surface area (Å²) in [6, 6.07) is 8.47. The van der Waals surface area contributed by atoms with Crippen molar-refractivity contribution in [2.45, 2.75) is 62.4 Å². The van der Waals surface area contributed by atoms with Crippen LogP contribution in [0.2, 0.25) is 0 Å². The number of hydrogen-bond acceptors (Lipinski definition) is 3. The van der Waals surface area contributed by atoms with Crippen LogP contribution in [0.5, 0.6) is 0 Å². The van der Waals surface area contributed by atoms with Crippen LogP contribution in [0.4, 0.5) is 0 Å². The Hall–Kier alpha value is -0.810. The molecule has 1 aliphatic carbocycles. The van der Waals surface area contributed by atoms with Gasteiger partial charge in [0.2, 0.25) is 0 Å². The standard InChI is InChI=1S/C17H22BrN3S/c1-2-21-16(14-8-4-3-5-9-14)19-20-17(21)22-12-13-7-6-10-15(18)11-13/h6-7,10-11,14H,2-5,8-9,12H2,1H3.